The minimum atomic E-state index is -0.533. The van der Waals surface area contributed by atoms with Gasteiger partial charge in [-0.25, -0.2) is 10.2 Å². The minimum absolute atomic E-state index is 0.235. The highest BCUT2D eigenvalue weighted by atomic mass is 79.9. The summed E-state index contributed by atoms with van der Waals surface area (Å²) in [6.07, 6.45) is 1.39. The maximum Gasteiger partial charge on any atom is 0.343 e. The van der Waals surface area contributed by atoms with Gasteiger partial charge in [-0.1, -0.05) is 33.6 Å². The zero-order valence-electron chi connectivity index (χ0n) is 17.9. The van der Waals surface area contributed by atoms with Crippen LogP contribution < -0.4 is 20.2 Å². The number of hydrogen-bond acceptors (Lipinski definition) is 6. The van der Waals surface area contributed by atoms with Gasteiger partial charge in [0.1, 0.15) is 0 Å². The average molecular weight is 545 g/mol. The number of ether oxygens (including phenoxy) is 2. The number of hydrogen-bond donors (Lipinski definition) is 2. The number of rotatable bonds is 8. The first-order chi connectivity index (χ1) is 16.4. The molecule has 0 bridgehead atoms. The number of carbonyl (C=O) groups excluding carboxylic acids is 3. The van der Waals surface area contributed by atoms with Gasteiger partial charge in [-0.2, -0.15) is 5.10 Å². The predicted molar refractivity (Wildman–Crippen MR) is 132 cm³/mol. The van der Waals surface area contributed by atoms with Crippen molar-refractivity contribution in [3.63, 3.8) is 0 Å². The Morgan fingerprint density at radius 1 is 1.00 bits per heavy atom. The highest BCUT2D eigenvalue weighted by Crippen LogP contribution is 2.28. The molecule has 0 heterocycles. The second-order valence-electron chi connectivity index (χ2n) is 6.79. The SMILES string of the molecule is COc1cc(C=NNC(=O)CNC(=O)c2ccc(Cl)cc2)ccc1OC(=O)c1cccc(Br)c1. The summed E-state index contributed by atoms with van der Waals surface area (Å²) in [4.78, 5) is 36.3. The lowest BCUT2D eigenvalue weighted by Gasteiger charge is -2.10. The van der Waals surface area contributed by atoms with E-state index in [9.17, 15) is 14.4 Å². The van der Waals surface area contributed by atoms with Crippen molar-refractivity contribution >= 4 is 51.5 Å². The Morgan fingerprint density at radius 2 is 1.76 bits per heavy atom. The number of carbonyl (C=O) groups is 3. The molecule has 0 aliphatic rings. The second kappa shape index (κ2) is 12.0. The van der Waals surface area contributed by atoms with E-state index < -0.39 is 17.8 Å². The van der Waals surface area contributed by atoms with Crippen LogP contribution in [0.5, 0.6) is 11.5 Å². The first-order valence-corrected chi connectivity index (χ1v) is 11.0. The van der Waals surface area contributed by atoms with E-state index in [1.165, 1.54) is 13.3 Å². The van der Waals surface area contributed by atoms with Crippen LogP contribution in [0.3, 0.4) is 0 Å². The van der Waals surface area contributed by atoms with Gasteiger partial charge in [0.25, 0.3) is 11.8 Å². The Labute approximate surface area is 209 Å². The molecule has 0 aliphatic carbocycles. The van der Waals surface area contributed by atoms with E-state index >= 15 is 0 Å². The molecule has 2 N–H and O–H groups in total. The number of nitrogens with zero attached hydrogens (tertiary/aromatic N) is 1. The van der Waals surface area contributed by atoms with Crippen LogP contribution in [0.25, 0.3) is 0 Å². The molecule has 3 aromatic rings. The van der Waals surface area contributed by atoms with E-state index in [0.29, 0.717) is 27.5 Å². The van der Waals surface area contributed by atoms with Gasteiger partial charge in [0.15, 0.2) is 11.5 Å². The monoisotopic (exact) mass is 543 g/mol. The van der Waals surface area contributed by atoms with Crippen LogP contribution in [0.1, 0.15) is 26.3 Å². The second-order valence-corrected chi connectivity index (χ2v) is 8.15. The van der Waals surface area contributed by atoms with Crippen LogP contribution >= 0.6 is 27.5 Å². The number of benzene rings is 3. The number of hydrazone groups is 1. The molecule has 0 aromatic heterocycles. The molecule has 0 atom stereocenters. The van der Waals surface area contributed by atoms with Gasteiger partial charge in [-0.05, 0) is 66.2 Å². The van der Waals surface area contributed by atoms with E-state index in [4.69, 9.17) is 21.1 Å². The predicted octanol–water partition coefficient (Wildman–Crippen LogP) is 4.21. The summed E-state index contributed by atoms with van der Waals surface area (Å²) in [5, 5.41) is 6.86. The molecule has 3 rings (SSSR count). The summed E-state index contributed by atoms with van der Waals surface area (Å²) in [5.74, 6) is -0.903. The molecule has 0 unspecified atom stereocenters. The normalized spacial score (nSPS) is 10.6. The molecular formula is C24H19BrClN3O5. The number of nitrogens with one attached hydrogen (secondary N) is 2. The van der Waals surface area contributed by atoms with Crippen molar-refractivity contribution in [3.8, 4) is 11.5 Å². The van der Waals surface area contributed by atoms with Crippen LogP contribution in [-0.2, 0) is 4.79 Å². The van der Waals surface area contributed by atoms with E-state index in [-0.39, 0.29) is 12.3 Å². The summed E-state index contributed by atoms with van der Waals surface area (Å²) in [6, 6.07) is 17.9. The van der Waals surface area contributed by atoms with Gasteiger partial charge in [-0.15, -0.1) is 0 Å². The smallest absolute Gasteiger partial charge is 0.343 e. The molecule has 0 fully saturated rings. The minimum Gasteiger partial charge on any atom is -0.493 e. The topological polar surface area (TPSA) is 106 Å². The van der Waals surface area contributed by atoms with Crippen molar-refractivity contribution in [2.75, 3.05) is 13.7 Å². The fourth-order valence-corrected chi connectivity index (χ4v) is 3.23. The molecule has 0 spiro atoms. The number of esters is 1. The van der Waals surface area contributed by atoms with Crippen molar-refractivity contribution in [1.29, 1.82) is 0 Å². The van der Waals surface area contributed by atoms with Gasteiger partial charge >= 0.3 is 5.97 Å². The third-order valence-corrected chi connectivity index (χ3v) is 5.11. The maximum absolute atomic E-state index is 12.4. The first-order valence-electron chi connectivity index (χ1n) is 9.87. The molecule has 8 nitrogen and oxygen atoms in total. The molecule has 10 heteroatoms. The van der Waals surface area contributed by atoms with Crippen LogP contribution in [0, 0.1) is 0 Å². The van der Waals surface area contributed by atoms with Gasteiger partial charge in [-0.3, -0.25) is 9.59 Å². The maximum atomic E-state index is 12.4. The van der Waals surface area contributed by atoms with Gasteiger partial charge in [0, 0.05) is 15.1 Å². The van der Waals surface area contributed by atoms with E-state index in [2.05, 4.69) is 31.8 Å². The van der Waals surface area contributed by atoms with E-state index in [1.54, 1.807) is 66.7 Å². The Morgan fingerprint density at radius 3 is 2.47 bits per heavy atom. The van der Waals surface area contributed by atoms with E-state index in [1.807, 2.05) is 0 Å². The highest BCUT2D eigenvalue weighted by molar-refractivity contribution is 9.10. The summed E-state index contributed by atoms with van der Waals surface area (Å²) in [7, 11) is 1.44. The number of halogens is 2. The lowest BCUT2D eigenvalue weighted by molar-refractivity contribution is -0.120. The van der Waals surface area contributed by atoms with E-state index in [0.717, 1.165) is 4.47 Å². The van der Waals surface area contributed by atoms with Crippen molar-refractivity contribution in [1.82, 2.24) is 10.7 Å². The molecule has 0 aliphatic heterocycles. The van der Waals surface area contributed by atoms with Crippen molar-refractivity contribution in [3.05, 3.63) is 92.9 Å². The third kappa shape index (κ3) is 7.16. The Hall–Kier alpha value is -3.69. The molecule has 0 radical (unpaired) electrons. The van der Waals surface area contributed by atoms with Crippen LogP contribution in [0.4, 0.5) is 0 Å². The number of amides is 2. The van der Waals surface area contributed by atoms with Crippen molar-refractivity contribution in [2.24, 2.45) is 5.10 Å². The quantitative estimate of drug-likeness (QED) is 0.191. The Bertz CT molecular complexity index is 1230. The van der Waals surface area contributed by atoms with Gasteiger partial charge in [0.2, 0.25) is 0 Å². The standard InChI is InChI=1S/C24H19BrClN3O5/c1-33-21-11-15(5-10-20(21)34-24(32)17-3-2-4-18(25)12-17)13-28-29-22(30)14-27-23(31)16-6-8-19(26)9-7-16/h2-13H,14H2,1H3,(H,27,31)(H,29,30). The van der Waals surface area contributed by atoms with Gasteiger partial charge < -0.3 is 14.8 Å². The lowest BCUT2D eigenvalue weighted by Crippen LogP contribution is -2.34. The molecule has 3 aromatic carbocycles. The van der Waals surface area contributed by atoms with Crippen molar-refractivity contribution < 1.29 is 23.9 Å². The average Bonchev–Trinajstić information content (AvgIpc) is 2.83. The van der Waals surface area contributed by atoms with Gasteiger partial charge in [0.05, 0.1) is 25.4 Å². The Kier molecular flexibility index (Phi) is 8.78. The molecule has 2 amide bonds. The fraction of sp³-hybridized carbons (Fsp3) is 0.0833. The summed E-state index contributed by atoms with van der Waals surface area (Å²) >= 11 is 9.10. The fourth-order valence-electron chi connectivity index (χ4n) is 2.71. The van der Waals surface area contributed by atoms with Crippen molar-refractivity contribution in [2.45, 2.75) is 0 Å². The number of methoxy groups -OCH3 is 1. The Balaban J connectivity index is 1.54. The molecular weight excluding hydrogens is 526 g/mol. The zero-order chi connectivity index (χ0) is 24.5. The summed E-state index contributed by atoms with van der Waals surface area (Å²) in [6.45, 7) is -0.257. The summed E-state index contributed by atoms with van der Waals surface area (Å²) < 4.78 is 11.5. The molecule has 34 heavy (non-hydrogen) atoms. The molecule has 0 saturated carbocycles. The molecule has 174 valence electrons. The van der Waals surface area contributed by atoms with Crippen LogP contribution in [-0.4, -0.2) is 37.7 Å². The van der Waals surface area contributed by atoms with Crippen LogP contribution in [0.2, 0.25) is 5.02 Å². The molecule has 0 saturated heterocycles. The summed E-state index contributed by atoms with van der Waals surface area (Å²) in [5.41, 5.74) is 3.68. The largest absolute Gasteiger partial charge is 0.493 e. The lowest BCUT2D eigenvalue weighted by atomic mass is 10.2. The zero-order valence-corrected chi connectivity index (χ0v) is 20.2. The highest BCUT2D eigenvalue weighted by Gasteiger charge is 2.13. The van der Waals surface area contributed by atoms with Crippen LogP contribution in [0.15, 0.2) is 76.3 Å². The third-order valence-electron chi connectivity index (χ3n) is 4.37. The first kappa shape index (κ1) is 24.9.